The van der Waals surface area contributed by atoms with Gasteiger partial charge in [-0.05, 0) is 50.2 Å². The summed E-state index contributed by atoms with van der Waals surface area (Å²) in [4.78, 5) is 30.3. The van der Waals surface area contributed by atoms with Crippen LogP contribution in [-0.4, -0.2) is 47.5 Å². The largest absolute Gasteiger partial charge is 0.352 e. The fourth-order valence-corrected chi connectivity index (χ4v) is 4.05. The molecule has 3 amide bonds. The molecule has 7 heteroatoms. The smallest absolute Gasteiger partial charge is 0.317 e. The molecule has 0 bridgehead atoms. The van der Waals surface area contributed by atoms with Crippen LogP contribution in [0.5, 0.6) is 0 Å². The Balaban J connectivity index is 1.32. The number of halogens is 1. The van der Waals surface area contributed by atoms with Crippen LogP contribution in [0.15, 0.2) is 18.3 Å². The minimum absolute atomic E-state index is 0.101. The van der Waals surface area contributed by atoms with Crippen LogP contribution in [0.2, 0.25) is 5.15 Å². The molecular weight excluding hydrogens is 364 g/mol. The topological polar surface area (TPSA) is 74.3 Å². The Morgan fingerprint density at radius 2 is 1.85 bits per heavy atom. The second-order valence-corrected chi connectivity index (χ2v) is 8.02. The second kappa shape index (κ2) is 9.93. The molecule has 2 N–H and O–H groups in total. The van der Waals surface area contributed by atoms with Gasteiger partial charge in [0.1, 0.15) is 5.15 Å². The molecule has 27 heavy (non-hydrogen) atoms. The molecule has 1 aliphatic heterocycles. The molecular formula is C20H29ClN4O2. The first-order valence-corrected chi connectivity index (χ1v) is 10.4. The third kappa shape index (κ3) is 6.09. The van der Waals surface area contributed by atoms with Crippen LogP contribution in [0.3, 0.4) is 0 Å². The Morgan fingerprint density at radius 1 is 1.11 bits per heavy atom. The van der Waals surface area contributed by atoms with Gasteiger partial charge in [0.25, 0.3) is 5.91 Å². The van der Waals surface area contributed by atoms with E-state index in [1.165, 1.54) is 25.5 Å². The summed E-state index contributed by atoms with van der Waals surface area (Å²) in [6.07, 6.45) is 10.4. The molecule has 6 nitrogen and oxygen atoms in total. The highest BCUT2D eigenvalue weighted by molar-refractivity contribution is 6.29. The predicted octanol–water partition coefficient (Wildman–Crippen LogP) is 3.61. The molecule has 2 aliphatic rings. The summed E-state index contributed by atoms with van der Waals surface area (Å²) >= 11 is 5.74. The van der Waals surface area contributed by atoms with Crippen molar-refractivity contribution >= 4 is 23.5 Å². The summed E-state index contributed by atoms with van der Waals surface area (Å²) in [5.41, 5.74) is 0.522. The van der Waals surface area contributed by atoms with E-state index in [4.69, 9.17) is 11.6 Å². The van der Waals surface area contributed by atoms with Crippen LogP contribution in [0.25, 0.3) is 0 Å². The molecule has 1 aromatic heterocycles. The summed E-state index contributed by atoms with van der Waals surface area (Å²) in [6, 6.07) is 3.75. The number of hydrogen-bond donors (Lipinski definition) is 2. The summed E-state index contributed by atoms with van der Waals surface area (Å²) in [5, 5.41) is 6.52. The maximum atomic E-state index is 12.4. The van der Waals surface area contributed by atoms with Crippen LogP contribution in [0, 0.1) is 5.92 Å². The molecule has 0 aromatic carbocycles. The number of pyridine rings is 1. The highest BCUT2D eigenvalue weighted by atomic mass is 35.5. The molecule has 2 fully saturated rings. The van der Waals surface area contributed by atoms with Crippen molar-refractivity contribution in [2.24, 2.45) is 5.92 Å². The van der Waals surface area contributed by atoms with Gasteiger partial charge in [-0.1, -0.05) is 30.9 Å². The summed E-state index contributed by atoms with van der Waals surface area (Å²) < 4.78 is 0. The van der Waals surface area contributed by atoms with Crippen molar-refractivity contribution in [2.45, 2.75) is 57.4 Å². The van der Waals surface area contributed by atoms with Gasteiger partial charge >= 0.3 is 6.03 Å². The molecule has 0 spiro atoms. The molecule has 0 unspecified atom stereocenters. The summed E-state index contributed by atoms with van der Waals surface area (Å²) in [7, 11) is 0. The van der Waals surface area contributed by atoms with E-state index in [0.717, 1.165) is 45.2 Å². The Kier molecular flexibility index (Phi) is 7.33. The number of urea groups is 1. The van der Waals surface area contributed by atoms with E-state index in [9.17, 15) is 9.59 Å². The van der Waals surface area contributed by atoms with Crippen molar-refractivity contribution in [1.29, 1.82) is 0 Å². The lowest BCUT2D eigenvalue weighted by molar-refractivity contribution is 0.0949. The van der Waals surface area contributed by atoms with E-state index in [-0.39, 0.29) is 11.9 Å². The Hall–Kier alpha value is -1.82. The first-order valence-electron chi connectivity index (χ1n) is 10.1. The summed E-state index contributed by atoms with van der Waals surface area (Å²) in [6.45, 7) is 2.25. The molecule has 0 atom stereocenters. The maximum Gasteiger partial charge on any atom is 0.317 e. The lowest BCUT2D eigenvalue weighted by atomic mass is 9.93. The highest BCUT2D eigenvalue weighted by Gasteiger charge is 2.24. The van der Waals surface area contributed by atoms with Crippen molar-refractivity contribution in [3.8, 4) is 0 Å². The number of carbonyl (C=O) groups excluding carboxylic acids is 2. The van der Waals surface area contributed by atoms with Gasteiger partial charge in [0, 0.05) is 31.9 Å². The second-order valence-electron chi connectivity index (χ2n) is 7.63. The fraction of sp³-hybridized carbons (Fsp3) is 0.650. The van der Waals surface area contributed by atoms with Crippen LogP contribution in [0.1, 0.15) is 61.7 Å². The van der Waals surface area contributed by atoms with Crippen LogP contribution >= 0.6 is 11.6 Å². The van der Waals surface area contributed by atoms with Gasteiger partial charge in [-0.15, -0.1) is 0 Å². The number of amides is 3. The number of nitrogens with zero attached hydrogens (tertiary/aromatic N) is 2. The van der Waals surface area contributed by atoms with E-state index in [2.05, 4.69) is 15.6 Å². The molecule has 1 aromatic rings. The average Bonchev–Trinajstić information content (AvgIpc) is 2.69. The predicted molar refractivity (Wildman–Crippen MR) is 106 cm³/mol. The highest BCUT2D eigenvalue weighted by Crippen LogP contribution is 2.21. The number of nitrogens with one attached hydrogen (secondary N) is 2. The number of carbonyl (C=O) groups is 2. The number of aromatic nitrogens is 1. The lowest BCUT2D eigenvalue weighted by Gasteiger charge is -2.34. The van der Waals surface area contributed by atoms with Crippen LogP contribution < -0.4 is 10.6 Å². The first kappa shape index (κ1) is 19.9. The lowest BCUT2D eigenvalue weighted by Crippen LogP contribution is -2.48. The quantitative estimate of drug-likeness (QED) is 0.751. The Morgan fingerprint density at radius 3 is 2.52 bits per heavy atom. The first-order chi connectivity index (χ1) is 13.1. The van der Waals surface area contributed by atoms with Crippen LogP contribution in [-0.2, 0) is 0 Å². The Bertz CT molecular complexity index is 623. The fourth-order valence-electron chi connectivity index (χ4n) is 3.94. The zero-order valence-electron chi connectivity index (χ0n) is 15.8. The maximum absolute atomic E-state index is 12.4. The van der Waals surface area contributed by atoms with Crippen molar-refractivity contribution in [3.63, 3.8) is 0 Å². The molecule has 3 rings (SSSR count). The molecule has 1 saturated carbocycles. The van der Waals surface area contributed by atoms with E-state index in [0.29, 0.717) is 29.2 Å². The zero-order chi connectivity index (χ0) is 19.1. The minimum Gasteiger partial charge on any atom is -0.352 e. The van der Waals surface area contributed by atoms with E-state index < -0.39 is 0 Å². The number of rotatable bonds is 5. The van der Waals surface area contributed by atoms with Crippen molar-refractivity contribution < 1.29 is 9.59 Å². The Labute approximate surface area is 166 Å². The van der Waals surface area contributed by atoms with Gasteiger partial charge < -0.3 is 15.5 Å². The van der Waals surface area contributed by atoms with Crippen molar-refractivity contribution in [2.75, 3.05) is 19.6 Å². The van der Waals surface area contributed by atoms with Gasteiger partial charge in [0.2, 0.25) is 0 Å². The molecule has 1 saturated heterocycles. The monoisotopic (exact) mass is 392 g/mol. The SMILES string of the molecule is O=C(NCCC1CCN(C(=O)NC2CCCCC2)CC1)c1ccc(Cl)nc1. The van der Waals surface area contributed by atoms with Gasteiger partial charge in [-0.2, -0.15) is 0 Å². The molecule has 2 heterocycles. The zero-order valence-corrected chi connectivity index (χ0v) is 16.5. The minimum atomic E-state index is -0.122. The molecule has 1 aliphatic carbocycles. The van der Waals surface area contributed by atoms with Gasteiger partial charge in [-0.25, -0.2) is 9.78 Å². The van der Waals surface area contributed by atoms with Gasteiger partial charge in [-0.3, -0.25) is 4.79 Å². The number of likely N-dealkylation sites (tertiary alicyclic amines) is 1. The van der Waals surface area contributed by atoms with Gasteiger partial charge in [0.15, 0.2) is 0 Å². The molecule has 148 valence electrons. The van der Waals surface area contributed by atoms with Crippen molar-refractivity contribution in [1.82, 2.24) is 20.5 Å². The van der Waals surface area contributed by atoms with E-state index in [1.807, 2.05) is 4.90 Å². The summed E-state index contributed by atoms with van der Waals surface area (Å²) in [5.74, 6) is 0.427. The number of piperidine rings is 1. The van der Waals surface area contributed by atoms with E-state index >= 15 is 0 Å². The van der Waals surface area contributed by atoms with Crippen molar-refractivity contribution in [3.05, 3.63) is 29.0 Å². The third-order valence-corrected chi connectivity index (χ3v) is 5.89. The standard InChI is InChI=1S/C20H29ClN4O2/c21-18-7-6-16(14-23-18)19(26)22-11-8-15-9-12-25(13-10-15)20(27)24-17-4-2-1-3-5-17/h6-7,14-15,17H,1-5,8-13H2,(H,22,26)(H,24,27). The number of hydrogen-bond acceptors (Lipinski definition) is 3. The van der Waals surface area contributed by atoms with Gasteiger partial charge in [0.05, 0.1) is 5.56 Å². The molecule has 0 radical (unpaired) electrons. The van der Waals surface area contributed by atoms with E-state index in [1.54, 1.807) is 12.1 Å². The van der Waals surface area contributed by atoms with Crippen LogP contribution in [0.4, 0.5) is 4.79 Å². The normalized spacial score (nSPS) is 18.9. The third-order valence-electron chi connectivity index (χ3n) is 5.66. The average molecular weight is 393 g/mol.